The van der Waals surface area contributed by atoms with Crippen molar-refractivity contribution in [3.63, 3.8) is 0 Å². The SMILES string of the molecule is CCCCOc1ccc([C@@H]2CCC[C@]3(C2)OOC2(O3)C3CC4CC(C3)CC2C4)cc1.O=C(Oc1ccc([C@@H]2CCC[C@]3(C2)OOC2(O3)C3CC4CC(C3)CC2C4)cc1)N1CCCCC1.O=C(Oc1ccc([C@@H]2CCC[C@]3(C2)OOC2(O3)C3CC4CC(C3)CC2C4)cc1)N1CCOCC1.c1cc([C@@H]2CCC[C@]3(C2)OOC2(O3)C3CC4CC(C3)CC2C4)ccc1OCCN1CCCCC1. The van der Waals surface area contributed by atoms with E-state index in [-0.39, 0.29) is 12.2 Å². The van der Waals surface area contributed by atoms with E-state index in [1.807, 2.05) is 29.2 Å². The fourth-order valence-electron chi connectivity index (χ4n) is 32.3. The Labute approximate surface area is 782 Å². The third-order valence-corrected chi connectivity index (χ3v) is 38.0. The first-order valence-electron chi connectivity index (χ1n) is 53.8. The Kier molecular flexibility index (Phi) is 24.9. The highest BCUT2D eigenvalue weighted by molar-refractivity contribution is 5.71. The minimum absolute atomic E-state index is 0.227. The molecule has 8 atom stereocenters. The molecule has 20 saturated carbocycles. The van der Waals surface area contributed by atoms with Crippen molar-refractivity contribution in [3.05, 3.63) is 119 Å². The molecule has 16 bridgehead atoms. The van der Waals surface area contributed by atoms with E-state index in [0.29, 0.717) is 109 Å². The minimum atomic E-state index is -0.625. The van der Waals surface area contributed by atoms with Gasteiger partial charge in [-0.1, -0.05) is 68.3 Å². The molecule has 20 aliphatic carbocycles. The predicted octanol–water partition coefficient (Wildman–Crippen LogP) is 23.5. The van der Waals surface area contributed by atoms with Gasteiger partial charge in [-0.25, -0.2) is 9.59 Å². The van der Waals surface area contributed by atoms with Crippen LogP contribution < -0.4 is 18.9 Å². The summed E-state index contributed by atoms with van der Waals surface area (Å²) in [7, 11) is 0. The summed E-state index contributed by atoms with van der Waals surface area (Å²) in [6, 6.07) is 33.6. The summed E-state index contributed by atoms with van der Waals surface area (Å²) in [5, 5.41) is 0. The molecule has 4 aromatic rings. The number of morpholine rings is 1. The minimum Gasteiger partial charge on any atom is -0.494 e. The molecule has 7 heterocycles. The zero-order valence-electron chi connectivity index (χ0n) is 78.8. The molecular formula is C110H149N3O19. The molecule has 132 heavy (non-hydrogen) atoms. The third kappa shape index (κ3) is 17.5. The number of hydrogen-bond acceptors (Lipinski definition) is 20. The molecule has 8 spiro atoms. The number of carbonyl (C=O) groups excluding carboxylic acids is 2. The Morgan fingerprint density at radius 3 is 0.879 bits per heavy atom. The van der Waals surface area contributed by atoms with E-state index < -0.39 is 46.3 Å². The van der Waals surface area contributed by atoms with Crippen molar-refractivity contribution in [2.24, 2.45) is 94.7 Å². The highest BCUT2D eigenvalue weighted by Gasteiger charge is 2.72. The lowest BCUT2D eigenvalue weighted by molar-refractivity contribution is -0.390. The van der Waals surface area contributed by atoms with Crippen LogP contribution in [0.4, 0.5) is 9.59 Å². The number of carbonyl (C=O) groups is 2. The fraction of sp³-hybridized carbons (Fsp3) is 0.764. The topological polar surface area (TPSA) is 201 Å². The summed E-state index contributed by atoms with van der Waals surface area (Å²) >= 11 is 0. The van der Waals surface area contributed by atoms with Crippen LogP contribution in [0.3, 0.4) is 0 Å². The van der Waals surface area contributed by atoms with Gasteiger partial charge in [0.15, 0.2) is 0 Å². The van der Waals surface area contributed by atoms with Crippen LogP contribution in [-0.2, 0) is 62.8 Å². The van der Waals surface area contributed by atoms with Crippen LogP contribution in [0, 0.1) is 94.7 Å². The van der Waals surface area contributed by atoms with E-state index in [1.165, 1.54) is 202 Å². The number of benzene rings is 4. The summed E-state index contributed by atoms with van der Waals surface area (Å²) in [4.78, 5) is 80.4. The molecule has 27 aliphatic rings. The second-order valence-electron chi connectivity index (χ2n) is 46.6. The number of likely N-dealkylation sites (tertiary alicyclic amines) is 2. The van der Waals surface area contributed by atoms with Crippen LogP contribution in [0.25, 0.3) is 0 Å². The van der Waals surface area contributed by atoms with Crippen LogP contribution in [0.15, 0.2) is 97.1 Å². The maximum absolute atomic E-state index is 12.4. The molecule has 2 amide bonds. The van der Waals surface area contributed by atoms with Gasteiger partial charge in [0.05, 0.1) is 19.8 Å². The van der Waals surface area contributed by atoms with E-state index in [1.54, 1.807) is 4.90 Å². The molecule has 0 unspecified atom stereocenters. The Bertz CT molecular complexity index is 4370. The van der Waals surface area contributed by atoms with Crippen molar-refractivity contribution in [3.8, 4) is 23.0 Å². The molecule has 22 nitrogen and oxygen atoms in total. The first-order chi connectivity index (χ1) is 64.6. The lowest BCUT2D eigenvalue weighted by atomic mass is 9.53. The summed E-state index contributed by atoms with van der Waals surface area (Å²) in [5.41, 5.74) is 5.24. The zero-order valence-corrected chi connectivity index (χ0v) is 78.8. The Morgan fingerprint density at radius 2 is 0.583 bits per heavy atom. The smallest absolute Gasteiger partial charge is 0.415 e. The highest BCUT2D eigenvalue weighted by atomic mass is 17.3. The molecule has 718 valence electrons. The van der Waals surface area contributed by atoms with Gasteiger partial charge >= 0.3 is 12.2 Å². The van der Waals surface area contributed by atoms with Crippen molar-refractivity contribution in [2.75, 3.05) is 72.2 Å². The largest absolute Gasteiger partial charge is 0.494 e. The normalized spacial score (nSPS) is 43.5. The highest BCUT2D eigenvalue weighted by Crippen LogP contribution is 2.70. The quantitative estimate of drug-likeness (QED) is 0.0851. The van der Waals surface area contributed by atoms with Gasteiger partial charge in [0, 0.05) is 131 Å². The standard InChI is InChI=1S/C29H41NO4.C28H37NO5.C27H35NO6.C26H36O4/c1-2-11-30(12-3-1)13-14-31-27-8-6-23(7-9-27)24-5-4-10-28(20-24)32-29(34-33-28)25-16-21-15-22(18-25)19-26(29)17-21;30-26(29-11-2-1-3-12-29)31-25-8-6-21(7-9-25)22-5-4-10-27(18-22)32-28(34-33-27)23-14-19-13-20(16-23)17-24(28)15-19;29-25(28-8-10-30-11-9-28)31-24-5-3-20(4-6-24)21-2-1-7-26(17-21)32-27(34-33-26)22-13-18-12-19(15-22)16-23(27)14-18;1-2-3-11-27-24-8-6-20(7-9-24)21-5-4-10-25(17-21)28-26(30-29-25)22-13-18-12-19(15-22)16-23(26)14-18/h6-9,21-22,24-26H,1-5,10-20H2;6-9,19-20,22-24H,1-5,10-18H2;3-6,18-19,21-23H,1-2,7-17H2;6-9,18-19,21-23H,2-5,10-17H2,1H3/t21?,22?,24-,25?,26?,28-,29?;19?,20?,22-,23?,24?,27-,28?;18?,19?,21-,22?,23?,26-,27?;18?,19?,21-,22?,23?,25-,26?/m1111/s1. The molecule has 22 heteroatoms. The lowest BCUT2D eigenvalue weighted by Crippen LogP contribution is -2.59. The summed E-state index contributed by atoms with van der Waals surface area (Å²) in [6.07, 6.45) is 51.0. The molecular weight excluding hydrogens is 1670 g/mol. The number of hydrogen-bond donors (Lipinski definition) is 0. The van der Waals surface area contributed by atoms with E-state index in [4.69, 9.17) is 81.7 Å². The van der Waals surface area contributed by atoms with Gasteiger partial charge in [0.2, 0.25) is 46.3 Å². The van der Waals surface area contributed by atoms with Crippen LogP contribution in [0.5, 0.6) is 23.0 Å². The number of piperidine rings is 2. The second-order valence-corrected chi connectivity index (χ2v) is 46.6. The average Bonchev–Trinajstić information content (AvgIpc) is 1.54. The van der Waals surface area contributed by atoms with Crippen LogP contribution >= 0.6 is 0 Å². The average molecular weight is 1820 g/mol. The predicted molar refractivity (Wildman–Crippen MR) is 490 cm³/mol. The van der Waals surface area contributed by atoms with Crippen molar-refractivity contribution in [1.29, 1.82) is 0 Å². The van der Waals surface area contributed by atoms with E-state index in [2.05, 4.69) is 84.6 Å². The number of nitrogens with zero attached hydrogens (tertiary/aromatic N) is 3. The van der Waals surface area contributed by atoms with Crippen molar-refractivity contribution < 1.29 is 91.3 Å². The van der Waals surface area contributed by atoms with Gasteiger partial charge in [-0.2, -0.15) is 39.1 Å². The first kappa shape index (κ1) is 89.1. The van der Waals surface area contributed by atoms with Gasteiger partial charge < -0.3 is 52.4 Å². The Hall–Kier alpha value is -5.54. The van der Waals surface area contributed by atoms with E-state index in [9.17, 15) is 9.59 Å². The maximum atomic E-state index is 12.4. The van der Waals surface area contributed by atoms with E-state index >= 15 is 0 Å². The zero-order chi connectivity index (χ0) is 88.3. The summed E-state index contributed by atoms with van der Waals surface area (Å²) in [5.74, 6) is 11.7. The summed E-state index contributed by atoms with van der Waals surface area (Å²) in [6.45, 7) is 11.1. The van der Waals surface area contributed by atoms with Crippen molar-refractivity contribution in [1.82, 2.24) is 14.7 Å². The van der Waals surface area contributed by atoms with Gasteiger partial charge in [-0.3, -0.25) is 4.90 Å². The first-order valence-corrected chi connectivity index (χ1v) is 53.8. The molecule has 31 rings (SSSR count). The van der Waals surface area contributed by atoms with Gasteiger partial charge in [-0.05, 0) is 373 Å². The van der Waals surface area contributed by atoms with Gasteiger partial charge in [0.1, 0.15) is 29.6 Å². The molecule has 0 aromatic heterocycles. The number of unbranched alkanes of at least 4 members (excludes halogenated alkanes) is 1. The fourth-order valence-corrected chi connectivity index (χ4v) is 32.3. The molecule has 7 saturated heterocycles. The second kappa shape index (κ2) is 36.9. The van der Waals surface area contributed by atoms with E-state index in [0.717, 1.165) is 207 Å². The van der Waals surface area contributed by atoms with Crippen molar-refractivity contribution in [2.45, 2.75) is 359 Å². The lowest BCUT2D eigenvalue weighted by Gasteiger charge is -2.57. The number of rotatable bonds is 14. The van der Waals surface area contributed by atoms with Crippen LogP contribution in [-0.4, -0.2) is 145 Å². The molecule has 7 aliphatic heterocycles. The van der Waals surface area contributed by atoms with Crippen LogP contribution in [0.1, 0.15) is 335 Å². The number of amides is 2. The number of ether oxygens (including phenoxy) is 9. The van der Waals surface area contributed by atoms with Crippen molar-refractivity contribution >= 4 is 12.2 Å². The van der Waals surface area contributed by atoms with Crippen LogP contribution in [0.2, 0.25) is 0 Å². The van der Waals surface area contributed by atoms with Gasteiger partial charge in [0.25, 0.3) is 0 Å². The maximum Gasteiger partial charge on any atom is 0.415 e. The molecule has 0 radical (unpaired) electrons. The monoisotopic (exact) mass is 1820 g/mol. The Balaban J connectivity index is 0.0000000972. The molecule has 27 fully saturated rings. The Morgan fingerprint density at radius 1 is 0.311 bits per heavy atom. The third-order valence-electron chi connectivity index (χ3n) is 38.0. The van der Waals surface area contributed by atoms with Gasteiger partial charge in [-0.15, -0.1) is 0 Å². The molecule has 4 aromatic carbocycles. The molecule has 0 N–H and O–H groups in total. The summed E-state index contributed by atoms with van der Waals surface area (Å²) < 4.78 is 56.2.